The van der Waals surface area contributed by atoms with E-state index in [0.29, 0.717) is 75.8 Å². The number of nitrogens with zero attached hydrogens (tertiary/aromatic N) is 2. The molecule has 2 aromatic rings. The van der Waals surface area contributed by atoms with Crippen LogP contribution in [0.4, 0.5) is 4.39 Å². The largest absolute Gasteiger partial charge is 0.382 e. The fourth-order valence-corrected chi connectivity index (χ4v) is 8.65. The summed E-state index contributed by atoms with van der Waals surface area (Å²) in [6.07, 6.45) is 2.73. The van der Waals surface area contributed by atoms with Crippen LogP contribution in [0.25, 0.3) is 0 Å². The molecule has 0 aliphatic carbocycles. The predicted octanol–water partition coefficient (Wildman–Crippen LogP) is 4.93. The maximum Gasteiger partial charge on any atom is 0.214 e. The number of sulfonamides is 2. The molecule has 2 heterocycles. The summed E-state index contributed by atoms with van der Waals surface area (Å²) in [4.78, 5) is 0. The number of hydrogen-bond donors (Lipinski definition) is 0. The van der Waals surface area contributed by atoms with E-state index in [0.717, 1.165) is 11.1 Å². The van der Waals surface area contributed by atoms with Gasteiger partial charge in [-0.05, 0) is 73.9 Å². The minimum atomic E-state index is -3.25. The molecule has 0 amide bonds. The molecule has 2 aliphatic rings. The van der Waals surface area contributed by atoms with Crippen molar-refractivity contribution < 1.29 is 35.4 Å². The zero-order valence-corrected chi connectivity index (χ0v) is 26.9. The van der Waals surface area contributed by atoms with Crippen molar-refractivity contribution in [2.45, 2.75) is 57.3 Å². The van der Waals surface area contributed by atoms with Crippen LogP contribution >= 0.6 is 11.6 Å². The molecule has 9 nitrogen and oxygen atoms in total. The zero-order chi connectivity index (χ0) is 30.9. The third-order valence-corrected chi connectivity index (χ3v) is 11.9. The first-order valence-electron chi connectivity index (χ1n) is 14.7. The molecule has 13 heteroatoms. The van der Waals surface area contributed by atoms with Crippen LogP contribution in [-0.4, -0.2) is 83.0 Å². The Hall–Kier alpha value is -1.64. The maximum atomic E-state index is 13.7. The second-order valence-corrected chi connectivity index (χ2v) is 15.5. The first-order valence-corrected chi connectivity index (χ1v) is 18.3. The number of benzene rings is 2. The van der Waals surface area contributed by atoms with Crippen molar-refractivity contribution in [3.63, 3.8) is 0 Å². The van der Waals surface area contributed by atoms with Crippen LogP contribution in [0, 0.1) is 11.9 Å². The summed E-state index contributed by atoms with van der Waals surface area (Å²) in [5.74, 6) is -0.0380. The molecule has 0 bridgehead atoms. The van der Waals surface area contributed by atoms with E-state index >= 15 is 0 Å². The fraction of sp³-hybridized carbons (Fsp3) is 0.567. The van der Waals surface area contributed by atoms with Crippen LogP contribution in [0.5, 0.6) is 0 Å². The van der Waals surface area contributed by atoms with E-state index in [2.05, 4.69) is 0 Å². The molecule has 4 rings (SSSR count). The van der Waals surface area contributed by atoms with Gasteiger partial charge in [0.1, 0.15) is 18.0 Å². The van der Waals surface area contributed by atoms with Gasteiger partial charge in [-0.25, -0.2) is 29.8 Å². The second kappa shape index (κ2) is 16.1. The Morgan fingerprint density at radius 3 is 2.07 bits per heavy atom. The zero-order valence-electron chi connectivity index (χ0n) is 24.5. The van der Waals surface area contributed by atoms with Gasteiger partial charge in [0.2, 0.25) is 20.0 Å². The summed E-state index contributed by atoms with van der Waals surface area (Å²) in [5.41, 5.74) is 1.63. The summed E-state index contributed by atoms with van der Waals surface area (Å²) in [7, 11) is -4.92. The molecule has 239 valence electrons. The van der Waals surface area contributed by atoms with Crippen LogP contribution in [0.2, 0.25) is 5.02 Å². The Labute approximate surface area is 260 Å². The summed E-state index contributed by atoms with van der Waals surface area (Å²) in [6.45, 7) is 2.21. The molecule has 0 N–H and O–H groups in total. The highest BCUT2D eigenvalue weighted by Gasteiger charge is 2.32. The molecule has 0 saturated carbocycles. The molecule has 2 aliphatic heterocycles. The van der Waals surface area contributed by atoms with E-state index in [4.69, 9.17) is 25.8 Å². The number of ether oxygens (including phenoxy) is 3. The molecule has 1 radical (unpaired) electrons. The summed E-state index contributed by atoms with van der Waals surface area (Å²) in [6, 6.07) is 13.4. The highest BCUT2D eigenvalue weighted by molar-refractivity contribution is 7.89. The van der Waals surface area contributed by atoms with Crippen molar-refractivity contribution in [3.8, 4) is 0 Å². The van der Waals surface area contributed by atoms with Gasteiger partial charge in [0.05, 0.1) is 30.8 Å². The number of methoxy groups -OCH3 is 1. The lowest BCUT2D eigenvalue weighted by atomic mass is 10.0. The van der Waals surface area contributed by atoms with Gasteiger partial charge in [-0.2, -0.15) is 0 Å². The molecule has 0 aromatic heterocycles. The normalized spacial score (nSPS) is 20.1. The van der Waals surface area contributed by atoms with Gasteiger partial charge in [0.15, 0.2) is 0 Å². The Balaban J connectivity index is 1.54. The molecular weight excluding hydrogens is 619 g/mol. The molecule has 2 unspecified atom stereocenters. The third-order valence-electron chi connectivity index (χ3n) is 7.69. The predicted molar refractivity (Wildman–Crippen MR) is 164 cm³/mol. The Bertz CT molecular complexity index is 1360. The molecule has 2 aromatic carbocycles. The minimum absolute atomic E-state index is 0.160. The van der Waals surface area contributed by atoms with Crippen molar-refractivity contribution in [2.24, 2.45) is 0 Å². The minimum Gasteiger partial charge on any atom is -0.382 e. The lowest BCUT2D eigenvalue weighted by Gasteiger charge is -2.31. The van der Waals surface area contributed by atoms with Gasteiger partial charge in [-0.1, -0.05) is 35.9 Å². The Morgan fingerprint density at radius 2 is 1.51 bits per heavy atom. The van der Waals surface area contributed by atoms with Crippen LogP contribution in [-0.2, 0) is 40.9 Å². The quantitative estimate of drug-likeness (QED) is 0.237. The van der Waals surface area contributed by atoms with Crippen molar-refractivity contribution in [2.75, 3.05) is 51.4 Å². The first-order chi connectivity index (χ1) is 20.6. The van der Waals surface area contributed by atoms with Crippen LogP contribution in [0.3, 0.4) is 0 Å². The van der Waals surface area contributed by atoms with E-state index in [1.807, 2.05) is 12.1 Å². The van der Waals surface area contributed by atoms with E-state index in [1.165, 1.54) is 20.7 Å². The smallest absolute Gasteiger partial charge is 0.214 e. The van der Waals surface area contributed by atoms with Crippen LogP contribution in [0.1, 0.15) is 55.8 Å². The summed E-state index contributed by atoms with van der Waals surface area (Å²) in [5, 5.41) is 0.612. The van der Waals surface area contributed by atoms with Crippen LogP contribution < -0.4 is 0 Å². The highest BCUT2D eigenvalue weighted by atomic mass is 35.5. The Morgan fingerprint density at radius 1 is 0.907 bits per heavy atom. The lowest BCUT2D eigenvalue weighted by Crippen LogP contribution is -2.32. The second-order valence-electron chi connectivity index (χ2n) is 10.9. The number of hydrogen-bond acceptors (Lipinski definition) is 7. The van der Waals surface area contributed by atoms with Crippen molar-refractivity contribution in [1.82, 2.24) is 8.61 Å². The van der Waals surface area contributed by atoms with Gasteiger partial charge in [-0.15, -0.1) is 0 Å². The average Bonchev–Trinajstić information content (AvgIpc) is 3.49. The summed E-state index contributed by atoms with van der Waals surface area (Å²) < 4.78 is 84.8. The first kappa shape index (κ1) is 34.2. The van der Waals surface area contributed by atoms with Crippen molar-refractivity contribution >= 4 is 31.6 Å². The van der Waals surface area contributed by atoms with Crippen molar-refractivity contribution in [3.05, 3.63) is 76.6 Å². The topological polar surface area (TPSA) is 102 Å². The Kier molecular flexibility index (Phi) is 12.8. The molecule has 2 fully saturated rings. The van der Waals surface area contributed by atoms with Crippen LogP contribution in [0.15, 0.2) is 48.5 Å². The average molecular weight is 660 g/mol. The highest BCUT2D eigenvalue weighted by Crippen LogP contribution is 2.32. The molecule has 2 saturated heterocycles. The van der Waals surface area contributed by atoms with Gasteiger partial charge in [0.25, 0.3) is 0 Å². The SMILES string of the molecule is COCC(O[C](CCCN1CCCS1(=O)=O)C(CCCN1CCCS1(=O)=O)OCc1ccc(Cl)cc1)c1ccc(F)cc1. The van der Waals surface area contributed by atoms with Gasteiger partial charge in [-0.3, -0.25) is 0 Å². The lowest BCUT2D eigenvalue weighted by molar-refractivity contribution is -0.0712. The number of halogens is 2. The monoisotopic (exact) mass is 659 g/mol. The van der Waals surface area contributed by atoms with E-state index in [9.17, 15) is 21.2 Å². The van der Waals surface area contributed by atoms with Gasteiger partial charge < -0.3 is 14.2 Å². The molecule has 2 atom stereocenters. The molecule has 0 spiro atoms. The summed E-state index contributed by atoms with van der Waals surface area (Å²) >= 11 is 6.06. The van der Waals surface area contributed by atoms with Gasteiger partial charge >= 0.3 is 0 Å². The molecule has 43 heavy (non-hydrogen) atoms. The third kappa shape index (κ3) is 10.2. The maximum absolute atomic E-state index is 13.7. The van der Waals surface area contributed by atoms with E-state index in [-0.39, 0.29) is 30.5 Å². The molecular formula is C30H41ClFN2O7S2. The van der Waals surface area contributed by atoms with Crippen molar-refractivity contribution in [1.29, 1.82) is 0 Å². The van der Waals surface area contributed by atoms with Gasteiger partial charge in [0, 0.05) is 38.3 Å². The van der Waals surface area contributed by atoms with E-state index < -0.39 is 32.3 Å². The number of rotatable bonds is 17. The standard InChI is InChI=1S/C30H41ClFN2O7S2/c1-39-23-30(25-10-14-27(32)15-11-25)41-29(7-3-17-34-19-5-21-43(34,37)38)28(40-22-24-8-12-26(31)13-9-24)6-2-16-33-18-4-20-42(33,35)36/h8-15,28,30H,2-7,16-23H2,1H3. The van der Waals surface area contributed by atoms with E-state index in [1.54, 1.807) is 31.4 Å². The fourth-order valence-electron chi connectivity index (χ4n) is 5.39.